The van der Waals surface area contributed by atoms with Crippen LogP contribution in [0.25, 0.3) is 0 Å². The van der Waals surface area contributed by atoms with Gasteiger partial charge in [-0.25, -0.2) is 13.8 Å². The maximum atomic E-state index is 12.4. The fraction of sp³-hybridized carbons (Fsp3) is 0.692. The van der Waals surface area contributed by atoms with Gasteiger partial charge in [-0.15, -0.1) is 0 Å². The van der Waals surface area contributed by atoms with E-state index in [4.69, 9.17) is 4.74 Å². The number of ether oxygens (including phenoxy) is 1. The van der Waals surface area contributed by atoms with Gasteiger partial charge in [0.2, 0.25) is 0 Å². The lowest BCUT2D eigenvalue weighted by Crippen LogP contribution is -2.48. The highest BCUT2D eigenvalue weighted by atomic mass is 19.3. The van der Waals surface area contributed by atoms with Crippen LogP contribution in [-0.4, -0.2) is 59.9 Å². The van der Waals surface area contributed by atoms with Gasteiger partial charge in [0.05, 0.1) is 19.3 Å². The molecule has 1 aliphatic rings. The second kappa shape index (κ2) is 7.35. The van der Waals surface area contributed by atoms with Crippen LogP contribution in [-0.2, 0) is 11.8 Å². The molecule has 2 heterocycles. The van der Waals surface area contributed by atoms with Crippen LogP contribution >= 0.6 is 0 Å². The first-order valence-corrected chi connectivity index (χ1v) is 7.01. The molecule has 1 fully saturated rings. The normalized spacial score (nSPS) is 20.1. The number of rotatable bonds is 4. The number of hydrogen-bond donors (Lipinski definition) is 1. The molecule has 0 amide bonds. The molecule has 0 bridgehead atoms. The van der Waals surface area contributed by atoms with E-state index in [0.717, 1.165) is 5.56 Å². The molecule has 1 aromatic heterocycles. The Morgan fingerprint density at radius 1 is 1.62 bits per heavy atom. The van der Waals surface area contributed by atoms with Crippen molar-refractivity contribution in [3.8, 4) is 0 Å². The van der Waals surface area contributed by atoms with Crippen LogP contribution < -0.4 is 5.32 Å². The van der Waals surface area contributed by atoms with Crippen LogP contribution in [0.15, 0.2) is 17.4 Å². The van der Waals surface area contributed by atoms with Gasteiger partial charge in [-0.1, -0.05) is 0 Å². The lowest BCUT2D eigenvalue weighted by atomic mass is 10.1. The first kappa shape index (κ1) is 15.7. The predicted octanol–water partition coefficient (Wildman–Crippen LogP) is 1.02. The molecule has 0 saturated carbocycles. The summed E-state index contributed by atoms with van der Waals surface area (Å²) in [5.41, 5.74) is 0.979. The topological polar surface area (TPSA) is 54.7 Å². The summed E-state index contributed by atoms with van der Waals surface area (Å²) in [7, 11) is 1.85. The third kappa shape index (κ3) is 4.38. The van der Waals surface area contributed by atoms with E-state index in [0.29, 0.717) is 32.2 Å². The number of aromatic nitrogens is 2. The molecule has 2 rings (SSSR count). The third-order valence-electron chi connectivity index (χ3n) is 3.18. The Bertz CT molecular complexity index is 477. The van der Waals surface area contributed by atoms with Crippen molar-refractivity contribution < 1.29 is 13.5 Å². The Balaban J connectivity index is 2.05. The van der Waals surface area contributed by atoms with E-state index in [1.807, 2.05) is 25.1 Å². The minimum absolute atomic E-state index is 0.122. The maximum absolute atomic E-state index is 12.4. The van der Waals surface area contributed by atoms with Crippen molar-refractivity contribution in [2.24, 2.45) is 12.0 Å². The second-order valence-corrected chi connectivity index (χ2v) is 4.84. The molecular weight excluding hydrogens is 280 g/mol. The van der Waals surface area contributed by atoms with Crippen molar-refractivity contribution in [2.45, 2.75) is 19.5 Å². The SMILES string of the molecule is CCNC(=NCC(F)F)N1CCOC(c2cnn(C)c2)C1. The number of alkyl halides is 2. The molecule has 1 aromatic rings. The molecule has 1 N–H and O–H groups in total. The smallest absolute Gasteiger partial charge is 0.257 e. The van der Waals surface area contributed by atoms with Gasteiger partial charge in [-0.2, -0.15) is 5.10 Å². The van der Waals surface area contributed by atoms with E-state index in [9.17, 15) is 8.78 Å². The molecule has 0 aromatic carbocycles. The van der Waals surface area contributed by atoms with E-state index in [-0.39, 0.29) is 6.10 Å². The number of aliphatic imine (C=N–C) groups is 1. The number of nitrogens with one attached hydrogen (secondary N) is 1. The van der Waals surface area contributed by atoms with Gasteiger partial charge in [0.15, 0.2) is 5.96 Å². The Kier molecular flexibility index (Phi) is 5.49. The lowest BCUT2D eigenvalue weighted by Gasteiger charge is -2.34. The zero-order chi connectivity index (χ0) is 15.2. The summed E-state index contributed by atoms with van der Waals surface area (Å²) >= 11 is 0. The van der Waals surface area contributed by atoms with E-state index < -0.39 is 13.0 Å². The summed E-state index contributed by atoms with van der Waals surface area (Å²) in [4.78, 5) is 5.93. The highest BCUT2D eigenvalue weighted by Gasteiger charge is 2.25. The Hall–Kier alpha value is -1.70. The molecule has 1 atom stereocenters. The van der Waals surface area contributed by atoms with Crippen LogP contribution in [0.4, 0.5) is 8.78 Å². The van der Waals surface area contributed by atoms with Crippen LogP contribution in [0.2, 0.25) is 0 Å². The molecular formula is C13H21F2N5O. The van der Waals surface area contributed by atoms with Gasteiger partial charge in [0.1, 0.15) is 12.6 Å². The minimum Gasteiger partial charge on any atom is -0.370 e. The van der Waals surface area contributed by atoms with E-state index in [2.05, 4.69) is 15.4 Å². The van der Waals surface area contributed by atoms with Gasteiger partial charge in [-0.3, -0.25) is 4.68 Å². The van der Waals surface area contributed by atoms with E-state index in [1.165, 1.54) is 0 Å². The van der Waals surface area contributed by atoms with Gasteiger partial charge in [0, 0.05) is 31.9 Å². The van der Waals surface area contributed by atoms with Crippen molar-refractivity contribution >= 4 is 5.96 Å². The highest BCUT2D eigenvalue weighted by Crippen LogP contribution is 2.21. The van der Waals surface area contributed by atoms with Crippen molar-refractivity contribution in [1.29, 1.82) is 0 Å². The van der Waals surface area contributed by atoms with Gasteiger partial charge in [0.25, 0.3) is 6.43 Å². The molecule has 21 heavy (non-hydrogen) atoms. The molecule has 6 nitrogen and oxygen atoms in total. The number of aryl methyl sites for hydroxylation is 1. The number of halogens is 2. The van der Waals surface area contributed by atoms with E-state index in [1.54, 1.807) is 10.9 Å². The number of guanidine groups is 1. The Labute approximate surface area is 122 Å². The molecule has 0 radical (unpaired) electrons. The predicted molar refractivity (Wildman–Crippen MR) is 75.5 cm³/mol. The quantitative estimate of drug-likeness (QED) is 0.666. The molecule has 1 unspecified atom stereocenters. The first-order valence-electron chi connectivity index (χ1n) is 7.01. The summed E-state index contributed by atoms with van der Waals surface area (Å²) in [6, 6.07) is 0. The van der Waals surface area contributed by atoms with Crippen molar-refractivity contribution in [3.05, 3.63) is 18.0 Å². The fourth-order valence-electron chi connectivity index (χ4n) is 2.23. The fourth-order valence-corrected chi connectivity index (χ4v) is 2.23. The third-order valence-corrected chi connectivity index (χ3v) is 3.18. The maximum Gasteiger partial charge on any atom is 0.257 e. The molecule has 0 spiro atoms. The Morgan fingerprint density at radius 2 is 2.43 bits per heavy atom. The number of nitrogens with zero attached hydrogens (tertiary/aromatic N) is 4. The average Bonchev–Trinajstić information content (AvgIpc) is 2.90. The van der Waals surface area contributed by atoms with Crippen molar-refractivity contribution in [2.75, 3.05) is 32.8 Å². The summed E-state index contributed by atoms with van der Waals surface area (Å²) in [6.45, 7) is 3.79. The van der Waals surface area contributed by atoms with Crippen molar-refractivity contribution in [3.63, 3.8) is 0 Å². The largest absolute Gasteiger partial charge is 0.370 e. The van der Waals surface area contributed by atoms with Gasteiger partial charge in [-0.05, 0) is 6.92 Å². The average molecular weight is 301 g/mol. The molecule has 1 aliphatic heterocycles. The number of morpholine rings is 1. The zero-order valence-electron chi connectivity index (χ0n) is 12.3. The Morgan fingerprint density at radius 3 is 3.05 bits per heavy atom. The highest BCUT2D eigenvalue weighted by molar-refractivity contribution is 5.80. The summed E-state index contributed by atoms with van der Waals surface area (Å²) in [5.74, 6) is 0.509. The van der Waals surface area contributed by atoms with Crippen LogP contribution in [0.3, 0.4) is 0 Å². The standard InChI is InChI=1S/C13H21F2N5O/c1-3-16-13(17-7-12(14)15)20-4-5-21-11(9-20)10-6-18-19(2)8-10/h6,8,11-12H,3-5,7,9H2,1-2H3,(H,16,17). The van der Waals surface area contributed by atoms with Gasteiger partial charge < -0.3 is 15.0 Å². The summed E-state index contributed by atoms with van der Waals surface area (Å²) in [5, 5.41) is 7.18. The molecule has 118 valence electrons. The lowest BCUT2D eigenvalue weighted by molar-refractivity contribution is -0.00813. The van der Waals surface area contributed by atoms with Crippen molar-refractivity contribution in [1.82, 2.24) is 20.0 Å². The molecule has 1 saturated heterocycles. The van der Waals surface area contributed by atoms with E-state index >= 15 is 0 Å². The van der Waals surface area contributed by atoms with Crippen LogP contribution in [0, 0.1) is 0 Å². The van der Waals surface area contributed by atoms with Crippen LogP contribution in [0.1, 0.15) is 18.6 Å². The summed E-state index contributed by atoms with van der Waals surface area (Å²) in [6.07, 6.45) is 1.10. The first-order chi connectivity index (χ1) is 10.1. The number of hydrogen-bond acceptors (Lipinski definition) is 3. The second-order valence-electron chi connectivity index (χ2n) is 4.84. The molecule has 0 aliphatic carbocycles. The molecule has 8 heteroatoms. The van der Waals surface area contributed by atoms with Gasteiger partial charge >= 0.3 is 0 Å². The summed E-state index contributed by atoms with van der Waals surface area (Å²) < 4.78 is 32.2. The minimum atomic E-state index is -2.44. The zero-order valence-corrected chi connectivity index (χ0v) is 12.3. The monoisotopic (exact) mass is 301 g/mol. The van der Waals surface area contributed by atoms with Crippen LogP contribution in [0.5, 0.6) is 0 Å².